The van der Waals surface area contributed by atoms with Crippen LogP contribution in [0.2, 0.25) is 5.02 Å². The Balaban J connectivity index is 1.68. The summed E-state index contributed by atoms with van der Waals surface area (Å²) in [6.07, 6.45) is 0.621. The van der Waals surface area contributed by atoms with Crippen LogP contribution >= 0.6 is 11.6 Å². The maximum Gasteiger partial charge on any atom is 0.249 e. The van der Waals surface area contributed by atoms with Crippen molar-refractivity contribution >= 4 is 29.1 Å². The number of amides is 2. The summed E-state index contributed by atoms with van der Waals surface area (Å²) in [7, 11) is 0. The number of carbonyl (C=O) groups excluding carboxylic acids is 2. The minimum Gasteiger partial charge on any atom is -0.344 e. The number of rotatable bonds is 3. The molecule has 0 aromatic heterocycles. The Bertz CT molecular complexity index is 545. The summed E-state index contributed by atoms with van der Waals surface area (Å²) in [5.74, 6) is -0.126. The Morgan fingerprint density at radius 2 is 2.10 bits per heavy atom. The molecule has 5 nitrogen and oxygen atoms in total. The van der Waals surface area contributed by atoms with Crippen molar-refractivity contribution in [2.75, 3.05) is 24.5 Å². The third kappa shape index (κ3) is 2.39. The summed E-state index contributed by atoms with van der Waals surface area (Å²) in [6.45, 7) is 1.97. The number of para-hydroxylation sites is 1. The van der Waals surface area contributed by atoms with Gasteiger partial charge in [0.05, 0.1) is 16.6 Å². The SMILES string of the molecule is O=C(NC1CCN(c2ccccc2Cl)C1=O)C1CNC1. The molecule has 1 unspecified atom stereocenters. The van der Waals surface area contributed by atoms with Gasteiger partial charge < -0.3 is 15.5 Å². The molecule has 1 atom stereocenters. The number of carbonyl (C=O) groups is 2. The highest BCUT2D eigenvalue weighted by Gasteiger charge is 2.36. The lowest BCUT2D eigenvalue weighted by Gasteiger charge is -2.27. The first-order chi connectivity index (χ1) is 9.66. The highest BCUT2D eigenvalue weighted by Crippen LogP contribution is 2.29. The molecule has 106 valence electrons. The molecule has 2 saturated heterocycles. The number of halogens is 1. The lowest BCUT2D eigenvalue weighted by molar-refractivity contribution is -0.130. The van der Waals surface area contributed by atoms with Gasteiger partial charge in [-0.1, -0.05) is 23.7 Å². The molecule has 6 heteroatoms. The molecule has 0 saturated carbocycles. The monoisotopic (exact) mass is 293 g/mol. The summed E-state index contributed by atoms with van der Waals surface area (Å²) < 4.78 is 0. The van der Waals surface area contributed by atoms with Gasteiger partial charge in [0.2, 0.25) is 11.8 Å². The zero-order valence-electron chi connectivity index (χ0n) is 10.9. The number of benzene rings is 1. The first-order valence-electron chi connectivity index (χ1n) is 6.74. The van der Waals surface area contributed by atoms with Crippen molar-refractivity contribution in [1.29, 1.82) is 0 Å². The molecule has 3 rings (SSSR count). The molecular formula is C14H16ClN3O2. The Labute approximate surface area is 122 Å². The van der Waals surface area contributed by atoms with Crippen molar-refractivity contribution < 1.29 is 9.59 Å². The molecule has 20 heavy (non-hydrogen) atoms. The zero-order valence-corrected chi connectivity index (χ0v) is 11.7. The lowest BCUT2D eigenvalue weighted by Crippen LogP contribution is -2.54. The van der Waals surface area contributed by atoms with E-state index in [1.165, 1.54) is 0 Å². The predicted molar refractivity (Wildman–Crippen MR) is 76.7 cm³/mol. The molecule has 2 fully saturated rings. The van der Waals surface area contributed by atoms with Crippen LogP contribution in [0, 0.1) is 5.92 Å². The Morgan fingerprint density at radius 3 is 2.75 bits per heavy atom. The number of nitrogens with zero attached hydrogens (tertiary/aromatic N) is 1. The summed E-state index contributed by atoms with van der Waals surface area (Å²) >= 11 is 6.12. The van der Waals surface area contributed by atoms with Gasteiger partial charge in [0.15, 0.2) is 0 Å². The minimum atomic E-state index is -0.431. The van der Waals surface area contributed by atoms with E-state index in [9.17, 15) is 9.59 Å². The Kier molecular flexibility index (Phi) is 3.63. The van der Waals surface area contributed by atoms with E-state index in [1.54, 1.807) is 11.0 Å². The van der Waals surface area contributed by atoms with Crippen LogP contribution in [0.3, 0.4) is 0 Å². The smallest absolute Gasteiger partial charge is 0.249 e. The second kappa shape index (κ2) is 5.42. The molecule has 2 N–H and O–H groups in total. The molecule has 0 aliphatic carbocycles. The van der Waals surface area contributed by atoms with Gasteiger partial charge in [-0.25, -0.2) is 0 Å². The highest BCUT2D eigenvalue weighted by atomic mass is 35.5. The fraction of sp³-hybridized carbons (Fsp3) is 0.429. The van der Waals surface area contributed by atoms with E-state index >= 15 is 0 Å². The number of anilines is 1. The molecular weight excluding hydrogens is 278 g/mol. The summed E-state index contributed by atoms with van der Waals surface area (Å²) in [5.41, 5.74) is 0.709. The van der Waals surface area contributed by atoms with E-state index in [1.807, 2.05) is 18.2 Å². The fourth-order valence-electron chi connectivity index (χ4n) is 2.49. The second-order valence-electron chi connectivity index (χ2n) is 5.15. The topological polar surface area (TPSA) is 61.4 Å². The van der Waals surface area contributed by atoms with Crippen LogP contribution in [0.5, 0.6) is 0 Å². The maximum absolute atomic E-state index is 12.4. The van der Waals surface area contributed by atoms with Gasteiger partial charge in [0.1, 0.15) is 6.04 Å². The van der Waals surface area contributed by atoms with Crippen molar-refractivity contribution in [3.05, 3.63) is 29.3 Å². The van der Waals surface area contributed by atoms with Crippen LogP contribution in [-0.4, -0.2) is 37.5 Å². The summed E-state index contributed by atoms with van der Waals surface area (Å²) in [6, 6.07) is 6.82. The van der Waals surface area contributed by atoms with Crippen molar-refractivity contribution in [3.8, 4) is 0 Å². The van der Waals surface area contributed by atoms with E-state index < -0.39 is 6.04 Å². The van der Waals surface area contributed by atoms with Crippen molar-refractivity contribution in [1.82, 2.24) is 10.6 Å². The third-order valence-electron chi connectivity index (χ3n) is 3.82. The van der Waals surface area contributed by atoms with Gasteiger partial charge in [0.25, 0.3) is 0 Å². The molecule has 0 spiro atoms. The standard InChI is InChI=1S/C14H16ClN3O2/c15-10-3-1-2-4-12(10)18-6-5-11(14(18)20)17-13(19)9-7-16-8-9/h1-4,9,11,16H,5-8H2,(H,17,19). The highest BCUT2D eigenvalue weighted by molar-refractivity contribution is 6.34. The Hall–Kier alpha value is -1.59. The van der Waals surface area contributed by atoms with Crippen molar-refractivity contribution in [2.45, 2.75) is 12.5 Å². The van der Waals surface area contributed by atoms with Crippen LogP contribution in [-0.2, 0) is 9.59 Å². The van der Waals surface area contributed by atoms with E-state index in [0.717, 1.165) is 0 Å². The summed E-state index contributed by atoms with van der Waals surface area (Å²) in [4.78, 5) is 25.9. The van der Waals surface area contributed by atoms with E-state index in [0.29, 0.717) is 36.8 Å². The number of hydrogen-bond acceptors (Lipinski definition) is 3. The van der Waals surface area contributed by atoms with Gasteiger partial charge in [-0.05, 0) is 18.6 Å². The Morgan fingerprint density at radius 1 is 1.35 bits per heavy atom. The second-order valence-corrected chi connectivity index (χ2v) is 5.55. The van der Waals surface area contributed by atoms with Gasteiger partial charge in [-0.15, -0.1) is 0 Å². The third-order valence-corrected chi connectivity index (χ3v) is 4.14. The maximum atomic E-state index is 12.4. The minimum absolute atomic E-state index is 0.00263. The van der Waals surface area contributed by atoms with Gasteiger partial charge in [-0.2, -0.15) is 0 Å². The van der Waals surface area contributed by atoms with Crippen LogP contribution in [0.15, 0.2) is 24.3 Å². The molecule has 2 amide bonds. The van der Waals surface area contributed by atoms with Crippen LogP contribution in [0.1, 0.15) is 6.42 Å². The zero-order chi connectivity index (χ0) is 14.1. The number of nitrogens with one attached hydrogen (secondary N) is 2. The number of hydrogen-bond donors (Lipinski definition) is 2. The quantitative estimate of drug-likeness (QED) is 0.866. The molecule has 2 aliphatic heterocycles. The molecule has 2 aliphatic rings. The average molecular weight is 294 g/mol. The first kappa shape index (κ1) is 13.4. The fourth-order valence-corrected chi connectivity index (χ4v) is 2.73. The molecule has 1 aromatic rings. The lowest BCUT2D eigenvalue weighted by atomic mass is 10.0. The van der Waals surface area contributed by atoms with Gasteiger partial charge in [-0.3, -0.25) is 9.59 Å². The van der Waals surface area contributed by atoms with Crippen LogP contribution in [0.4, 0.5) is 5.69 Å². The van der Waals surface area contributed by atoms with Crippen molar-refractivity contribution in [2.24, 2.45) is 5.92 Å². The first-order valence-corrected chi connectivity index (χ1v) is 7.11. The van der Waals surface area contributed by atoms with Crippen molar-refractivity contribution in [3.63, 3.8) is 0 Å². The van der Waals surface area contributed by atoms with Gasteiger partial charge >= 0.3 is 0 Å². The molecule has 2 heterocycles. The van der Waals surface area contributed by atoms with Gasteiger partial charge in [0, 0.05) is 19.6 Å². The largest absolute Gasteiger partial charge is 0.344 e. The van der Waals surface area contributed by atoms with Crippen LogP contribution < -0.4 is 15.5 Å². The molecule has 0 radical (unpaired) electrons. The van der Waals surface area contributed by atoms with Crippen LogP contribution in [0.25, 0.3) is 0 Å². The molecule has 0 bridgehead atoms. The average Bonchev–Trinajstić information content (AvgIpc) is 2.70. The molecule has 1 aromatic carbocycles. The predicted octanol–water partition coefficient (Wildman–Crippen LogP) is 0.781. The summed E-state index contributed by atoms with van der Waals surface area (Å²) in [5, 5.41) is 6.44. The van der Waals surface area contributed by atoms with E-state index in [2.05, 4.69) is 10.6 Å². The van der Waals surface area contributed by atoms with E-state index in [4.69, 9.17) is 11.6 Å². The normalized spacial score (nSPS) is 22.8. The van der Waals surface area contributed by atoms with E-state index in [-0.39, 0.29) is 17.7 Å².